The number of hydrogen-bond acceptors (Lipinski definition) is 4. The SMILES string of the molecule is Cc1ccccc1-n1c(SCc2nccn2C(F)F)nc2ccccc2c1=O. The molecule has 0 atom stereocenters. The van der Waals surface area contributed by atoms with Crippen LogP contribution in [0.4, 0.5) is 8.78 Å². The lowest BCUT2D eigenvalue weighted by molar-refractivity contribution is 0.0678. The number of fused-ring (bicyclic) bond motifs is 1. The van der Waals surface area contributed by atoms with Crippen molar-refractivity contribution in [3.63, 3.8) is 0 Å². The second-order valence-electron chi connectivity index (χ2n) is 6.16. The van der Waals surface area contributed by atoms with Crippen LogP contribution in [0.3, 0.4) is 0 Å². The minimum atomic E-state index is -2.67. The number of benzene rings is 2. The van der Waals surface area contributed by atoms with Crippen LogP contribution in [0.25, 0.3) is 16.6 Å². The Morgan fingerprint density at radius 1 is 1.11 bits per heavy atom. The normalized spacial score (nSPS) is 11.4. The fraction of sp³-hybridized carbons (Fsp3) is 0.150. The minimum absolute atomic E-state index is 0.161. The Labute approximate surface area is 163 Å². The summed E-state index contributed by atoms with van der Waals surface area (Å²) >= 11 is 1.20. The molecule has 8 heteroatoms. The first-order valence-corrected chi connectivity index (χ1v) is 9.55. The zero-order chi connectivity index (χ0) is 19.7. The molecule has 0 spiro atoms. The topological polar surface area (TPSA) is 52.7 Å². The van der Waals surface area contributed by atoms with E-state index in [0.29, 0.717) is 21.7 Å². The summed E-state index contributed by atoms with van der Waals surface area (Å²) < 4.78 is 28.5. The average molecular weight is 398 g/mol. The number of imidazole rings is 1. The highest BCUT2D eigenvalue weighted by atomic mass is 32.2. The number of halogens is 2. The summed E-state index contributed by atoms with van der Waals surface area (Å²) in [5.74, 6) is 0.382. The number of alkyl halides is 2. The molecule has 4 aromatic rings. The molecule has 2 heterocycles. The molecule has 2 aromatic carbocycles. The van der Waals surface area contributed by atoms with Crippen LogP contribution in [-0.2, 0) is 5.75 Å². The second kappa shape index (κ2) is 7.55. The Morgan fingerprint density at radius 3 is 2.64 bits per heavy atom. The number of hydrogen-bond donors (Lipinski definition) is 0. The van der Waals surface area contributed by atoms with Gasteiger partial charge in [0, 0.05) is 12.4 Å². The van der Waals surface area contributed by atoms with Gasteiger partial charge >= 0.3 is 6.55 Å². The predicted molar refractivity (Wildman–Crippen MR) is 105 cm³/mol. The van der Waals surface area contributed by atoms with Crippen molar-refractivity contribution in [1.29, 1.82) is 0 Å². The maximum atomic E-state index is 13.2. The van der Waals surface area contributed by atoms with Crippen LogP contribution >= 0.6 is 11.8 Å². The van der Waals surface area contributed by atoms with Gasteiger partial charge in [0.05, 0.1) is 22.3 Å². The van der Waals surface area contributed by atoms with Gasteiger partial charge in [-0.15, -0.1) is 0 Å². The third-order valence-corrected chi connectivity index (χ3v) is 5.33. The molecule has 5 nitrogen and oxygen atoms in total. The van der Waals surface area contributed by atoms with Gasteiger partial charge in [0.25, 0.3) is 5.56 Å². The van der Waals surface area contributed by atoms with E-state index in [2.05, 4.69) is 9.97 Å². The maximum Gasteiger partial charge on any atom is 0.319 e. The standard InChI is InChI=1S/C20H16F2N4OS/c1-13-6-2-5-9-16(13)26-18(27)14-7-3-4-8-15(14)24-20(26)28-12-17-23-10-11-25(17)19(21)22/h2-11,19H,12H2,1H3. The first-order chi connectivity index (χ1) is 13.6. The van der Waals surface area contributed by atoms with Gasteiger partial charge in [-0.2, -0.15) is 8.78 Å². The zero-order valence-electron chi connectivity index (χ0n) is 14.9. The Morgan fingerprint density at radius 2 is 1.86 bits per heavy atom. The minimum Gasteiger partial charge on any atom is -0.277 e. The van der Waals surface area contributed by atoms with Gasteiger partial charge in [-0.25, -0.2) is 9.97 Å². The summed E-state index contributed by atoms with van der Waals surface area (Å²) in [7, 11) is 0. The molecule has 142 valence electrons. The Hall–Kier alpha value is -3.00. The summed E-state index contributed by atoms with van der Waals surface area (Å²) in [6.07, 6.45) is 2.58. The Balaban J connectivity index is 1.85. The molecule has 0 radical (unpaired) electrons. The quantitative estimate of drug-likeness (QED) is 0.365. The summed E-state index contributed by atoms with van der Waals surface area (Å²) in [5, 5.41) is 0.936. The number of nitrogens with zero attached hydrogens (tertiary/aromatic N) is 4. The van der Waals surface area contributed by atoms with Gasteiger partial charge in [-0.1, -0.05) is 42.1 Å². The Bertz CT molecular complexity index is 1200. The van der Waals surface area contributed by atoms with Gasteiger partial charge in [0.15, 0.2) is 5.16 Å². The van der Waals surface area contributed by atoms with Crippen molar-refractivity contribution in [2.45, 2.75) is 24.4 Å². The van der Waals surface area contributed by atoms with Crippen LogP contribution in [0.1, 0.15) is 17.9 Å². The number of rotatable bonds is 5. The highest BCUT2D eigenvalue weighted by Gasteiger charge is 2.17. The van der Waals surface area contributed by atoms with Crippen LogP contribution in [0, 0.1) is 6.92 Å². The molecule has 0 bridgehead atoms. The van der Waals surface area contributed by atoms with E-state index in [0.717, 1.165) is 10.1 Å². The van der Waals surface area contributed by atoms with E-state index in [9.17, 15) is 13.6 Å². The van der Waals surface area contributed by atoms with Crippen LogP contribution in [0.2, 0.25) is 0 Å². The fourth-order valence-corrected chi connectivity index (χ4v) is 3.95. The van der Waals surface area contributed by atoms with Gasteiger partial charge in [0.1, 0.15) is 5.82 Å². The molecule has 0 amide bonds. The average Bonchev–Trinajstić information content (AvgIpc) is 3.16. The first kappa shape index (κ1) is 18.4. The second-order valence-corrected chi connectivity index (χ2v) is 7.10. The molecular weight excluding hydrogens is 382 g/mol. The largest absolute Gasteiger partial charge is 0.319 e. The van der Waals surface area contributed by atoms with E-state index >= 15 is 0 Å². The molecule has 0 fully saturated rings. The highest BCUT2D eigenvalue weighted by molar-refractivity contribution is 7.98. The molecule has 0 aliphatic heterocycles. The molecule has 0 N–H and O–H groups in total. The van der Waals surface area contributed by atoms with Crippen LogP contribution < -0.4 is 5.56 Å². The first-order valence-electron chi connectivity index (χ1n) is 8.56. The smallest absolute Gasteiger partial charge is 0.277 e. The zero-order valence-corrected chi connectivity index (χ0v) is 15.7. The molecule has 0 saturated carbocycles. The van der Waals surface area contributed by atoms with E-state index in [1.165, 1.54) is 28.7 Å². The van der Waals surface area contributed by atoms with Crippen LogP contribution in [-0.4, -0.2) is 19.1 Å². The van der Waals surface area contributed by atoms with E-state index in [4.69, 9.17) is 0 Å². The van der Waals surface area contributed by atoms with Crippen molar-refractivity contribution < 1.29 is 8.78 Å². The molecule has 0 aliphatic rings. The molecule has 28 heavy (non-hydrogen) atoms. The van der Waals surface area contributed by atoms with Crippen molar-refractivity contribution in [3.05, 3.63) is 82.7 Å². The van der Waals surface area contributed by atoms with E-state index in [1.54, 1.807) is 18.2 Å². The highest BCUT2D eigenvalue weighted by Crippen LogP contribution is 2.26. The number of para-hydroxylation sites is 2. The van der Waals surface area contributed by atoms with Gasteiger partial charge in [-0.3, -0.25) is 13.9 Å². The number of aromatic nitrogens is 4. The maximum absolute atomic E-state index is 13.2. The Kier molecular flexibility index (Phi) is 4.95. The summed E-state index contributed by atoms with van der Waals surface area (Å²) in [6, 6.07) is 14.6. The third-order valence-electron chi connectivity index (χ3n) is 4.39. The monoisotopic (exact) mass is 398 g/mol. The third kappa shape index (κ3) is 3.31. The van der Waals surface area contributed by atoms with E-state index in [1.807, 2.05) is 37.3 Å². The molecule has 0 unspecified atom stereocenters. The summed E-state index contributed by atoms with van der Waals surface area (Å²) in [6.45, 7) is -0.754. The molecule has 0 saturated heterocycles. The van der Waals surface area contributed by atoms with E-state index in [-0.39, 0.29) is 17.1 Å². The van der Waals surface area contributed by atoms with Crippen molar-refractivity contribution in [2.24, 2.45) is 0 Å². The number of aryl methyl sites for hydroxylation is 1. The van der Waals surface area contributed by atoms with Gasteiger partial charge < -0.3 is 0 Å². The van der Waals surface area contributed by atoms with Crippen LogP contribution in [0.15, 0.2) is 70.9 Å². The van der Waals surface area contributed by atoms with Crippen molar-refractivity contribution in [3.8, 4) is 5.69 Å². The molecular formula is C20H16F2N4OS. The summed E-state index contributed by atoms with van der Waals surface area (Å²) in [5.41, 5.74) is 2.00. The van der Waals surface area contributed by atoms with Gasteiger partial charge in [0.2, 0.25) is 0 Å². The molecule has 2 aromatic heterocycles. The lowest BCUT2D eigenvalue weighted by Gasteiger charge is -2.15. The van der Waals surface area contributed by atoms with Gasteiger partial charge in [-0.05, 0) is 30.7 Å². The van der Waals surface area contributed by atoms with Crippen molar-refractivity contribution in [1.82, 2.24) is 19.1 Å². The summed E-state index contributed by atoms with van der Waals surface area (Å²) in [4.78, 5) is 21.8. The lowest BCUT2D eigenvalue weighted by Crippen LogP contribution is -2.22. The van der Waals surface area contributed by atoms with Crippen LogP contribution in [0.5, 0.6) is 0 Å². The molecule has 0 aliphatic carbocycles. The lowest BCUT2D eigenvalue weighted by atomic mass is 10.2. The number of thioether (sulfide) groups is 1. The predicted octanol–water partition coefficient (Wildman–Crippen LogP) is 4.58. The van der Waals surface area contributed by atoms with Crippen molar-refractivity contribution in [2.75, 3.05) is 0 Å². The fourth-order valence-electron chi connectivity index (χ4n) is 3.00. The van der Waals surface area contributed by atoms with Crippen molar-refractivity contribution >= 4 is 22.7 Å². The molecule has 4 rings (SSSR count). The van der Waals surface area contributed by atoms with E-state index < -0.39 is 6.55 Å².